The van der Waals surface area contributed by atoms with Crippen molar-refractivity contribution < 1.29 is 22.7 Å². The van der Waals surface area contributed by atoms with Gasteiger partial charge in [-0.25, -0.2) is 8.42 Å². The minimum atomic E-state index is -3.62. The molecular weight excluding hydrogens is 414 g/mol. The second-order valence-corrected chi connectivity index (χ2v) is 9.78. The summed E-state index contributed by atoms with van der Waals surface area (Å²) >= 11 is 1.37. The van der Waals surface area contributed by atoms with Gasteiger partial charge in [-0.2, -0.15) is 4.31 Å². The monoisotopic (exact) mass is 437 g/mol. The molecule has 1 fully saturated rings. The van der Waals surface area contributed by atoms with E-state index >= 15 is 0 Å². The highest BCUT2D eigenvalue weighted by molar-refractivity contribution is 7.89. The van der Waals surface area contributed by atoms with Crippen molar-refractivity contribution in [3.63, 3.8) is 0 Å². The second kappa shape index (κ2) is 8.93. The predicted molar refractivity (Wildman–Crippen MR) is 110 cm³/mol. The summed E-state index contributed by atoms with van der Waals surface area (Å²) in [6.07, 6.45) is 0. The van der Waals surface area contributed by atoms with E-state index < -0.39 is 10.0 Å². The average Bonchev–Trinajstić information content (AvgIpc) is 3.18. The van der Waals surface area contributed by atoms with Crippen molar-refractivity contribution in [3.05, 3.63) is 46.2 Å². The second-order valence-electron chi connectivity index (χ2n) is 6.55. The number of hydrogen-bond donors (Lipinski definition) is 1. The predicted octanol–water partition coefficient (Wildman–Crippen LogP) is 1.33. The van der Waals surface area contributed by atoms with Crippen molar-refractivity contribution in [1.29, 1.82) is 0 Å². The summed E-state index contributed by atoms with van der Waals surface area (Å²) in [6.45, 7) is 2.77. The number of thiophene rings is 1. The van der Waals surface area contributed by atoms with E-state index in [0.29, 0.717) is 10.6 Å². The fourth-order valence-electron chi connectivity index (χ4n) is 2.99. The van der Waals surface area contributed by atoms with Crippen LogP contribution in [-0.4, -0.2) is 69.3 Å². The van der Waals surface area contributed by atoms with Gasteiger partial charge in [-0.3, -0.25) is 9.59 Å². The molecule has 3 rings (SSSR count). The van der Waals surface area contributed by atoms with Gasteiger partial charge in [0.15, 0.2) is 0 Å². The Morgan fingerprint density at radius 1 is 1.07 bits per heavy atom. The Balaban J connectivity index is 1.52. The molecule has 1 aliphatic heterocycles. The smallest absolute Gasteiger partial charge is 0.261 e. The van der Waals surface area contributed by atoms with Gasteiger partial charge in [0.05, 0.1) is 23.4 Å². The number of hydrogen-bond acceptors (Lipinski definition) is 6. The van der Waals surface area contributed by atoms with Gasteiger partial charge in [-0.1, -0.05) is 0 Å². The lowest BCUT2D eigenvalue weighted by atomic mass is 10.3. The van der Waals surface area contributed by atoms with E-state index in [1.165, 1.54) is 34.9 Å². The molecule has 156 valence electrons. The summed E-state index contributed by atoms with van der Waals surface area (Å²) in [5, 5.41) is 2.62. The first-order valence-electron chi connectivity index (χ1n) is 9.08. The number of nitrogens with one attached hydrogen (secondary N) is 1. The molecular formula is C19H23N3O5S2. The molecule has 0 spiro atoms. The number of carbonyl (C=O) groups is 2. The van der Waals surface area contributed by atoms with E-state index in [1.807, 2.05) is 13.0 Å². The molecule has 1 aliphatic rings. The molecule has 29 heavy (non-hydrogen) atoms. The molecule has 0 aliphatic carbocycles. The maximum absolute atomic E-state index is 12.8. The summed E-state index contributed by atoms with van der Waals surface area (Å²) in [5.41, 5.74) is 0. The number of aryl methyl sites for hydroxylation is 1. The Kier molecular flexibility index (Phi) is 6.56. The largest absolute Gasteiger partial charge is 0.497 e. The molecule has 1 saturated heterocycles. The molecule has 0 atom stereocenters. The Morgan fingerprint density at radius 2 is 1.72 bits per heavy atom. The first-order valence-corrected chi connectivity index (χ1v) is 11.3. The third-order valence-electron chi connectivity index (χ3n) is 4.65. The molecule has 0 unspecified atom stereocenters. The molecule has 2 amide bonds. The third-order valence-corrected chi connectivity index (χ3v) is 7.57. The lowest BCUT2D eigenvalue weighted by Gasteiger charge is -2.34. The molecule has 8 nitrogen and oxygen atoms in total. The van der Waals surface area contributed by atoms with Crippen LogP contribution in [0, 0.1) is 6.92 Å². The van der Waals surface area contributed by atoms with Gasteiger partial charge in [0, 0.05) is 31.1 Å². The van der Waals surface area contributed by atoms with Gasteiger partial charge in [0.1, 0.15) is 5.75 Å². The number of sulfonamides is 1. The molecule has 2 heterocycles. The van der Waals surface area contributed by atoms with Crippen LogP contribution in [0.4, 0.5) is 0 Å². The number of carbonyl (C=O) groups excluding carboxylic acids is 2. The van der Waals surface area contributed by atoms with E-state index in [4.69, 9.17) is 4.74 Å². The van der Waals surface area contributed by atoms with Gasteiger partial charge < -0.3 is 15.0 Å². The Bertz CT molecular complexity index is 978. The Hall–Kier alpha value is -2.43. The number of ether oxygens (including phenoxy) is 1. The lowest BCUT2D eigenvalue weighted by Crippen LogP contribution is -2.52. The SMILES string of the molecule is COc1ccc(S(=O)(=O)N2CCN(C(=O)CNC(=O)c3ccc(C)s3)CC2)cc1. The highest BCUT2D eigenvalue weighted by atomic mass is 32.2. The van der Waals surface area contributed by atoms with Crippen LogP contribution >= 0.6 is 11.3 Å². The van der Waals surface area contributed by atoms with Crippen molar-refractivity contribution in [1.82, 2.24) is 14.5 Å². The number of rotatable bonds is 6. The van der Waals surface area contributed by atoms with Crippen molar-refractivity contribution in [2.45, 2.75) is 11.8 Å². The Labute approximate surface area is 174 Å². The number of nitrogens with zero attached hydrogens (tertiary/aromatic N) is 2. The van der Waals surface area contributed by atoms with Gasteiger partial charge >= 0.3 is 0 Å². The molecule has 0 bridgehead atoms. The minimum Gasteiger partial charge on any atom is -0.497 e. The molecule has 2 aromatic rings. The van der Waals surface area contributed by atoms with E-state index in [2.05, 4.69) is 5.32 Å². The zero-order valence-electron chi connectivity index (χ0n) is 16.3. The van der Waals surface area contributed by atoms with Crippen LogP contribution in [0.25, 0.3) is 0 Å². The van der Waals surface area contributed by atoms with Crippen LogP contribution in [0.3, 0.4) is 0 Å². The average molecular weight is 438 g/mol. The zero-order chi connectivity index (χ0) is 21.0. The van der Waals surface area contributed by atoms with E-state index in [9.17, 15) is 18.0 Å². The number of benzene rings is 1. The van der Waals surface area contributed by atoms with E-state index in [-0.39, 0.29) is 49.4 Å². The maximum atomic E-state index is 12.8. The molecule has 0 saturated carbocycles. The molecule has 1 aromatic carbocycles. The van der Waals surface area contributed by atoms with Crippen LogP contribution in [0.15, 0.2) is 41.3 Å². The summed E-state index contributed by atoms with van der Waals surface area (Å²) in [7, 11) is -2.11. The van der Waals surface area contributed by atoms with E-state index in [0.717, 1.165) is 4.88 Å². The van der Waals surface area contributed by atoms with Gasteiger partial charge in [0.25, 0.3) is 5.91 Å². The normalized spacial score (nSPS) is 15.2. The first kappa shape index (κ1) is 21.3. The topological polar surface area (TPSA) is 96.0 Å². The van der Waals surface area contributed by atoms with Crippen molar-refractivity contribution in [3.8, 4) is 5.75 Å². The number of amides is 2. The lowest BCUT2D eigenvalue weighted by molar-refractivity contribution is -0.131. The van der Waals surface area contributed by atoms with Gasteiger partial charge in [0.2, 0.25) is 15.9 Å². The summed E-state index contributed by atoms with van der Waals surface area (Å²) in [6, 6.07) is 9.79. The molecule has 0 radical (unpaired) electrons. The molecule has 1 N–H and O–H groups in total. The summed E-state index contributed by atoms with van der Waals surface area (Å²) < 4.78 is 31.9. The fourth-order valence-corrected chi connectivity index (χ4v) is 5.19. The maximum Gasteiger partial charge on any atom is 0.261 e. The van der Waals surface area contributed by atoms with Crippen molar-refractivity contribution >= 4 is 33.2 Å². The van der Waals surface area contributed by atoms with Crippen molar-refractivity contribution in [2.75, 3.05) is 39.8 Å². The van der Waals surface area contributed by atoms with Crippen LogP contribution in [0.2, 0.25) is 0 Å². The van der Waals surface area contributed by atoms with Crippen molar-refractivity contribution in [2.24, 2.45) is 0 Å². The number of piperazine rings is 1. The zero-order valence-corrected chi connectivity index (χ0v) is 17.9. The van der Waals surface area contributed by atoms with Gasteiger partial charge in [-0.05, 0) is 43.3 Å². The fraction of sp³-hybridized carbons (Fsp3) is 0.368. The highest BCUT2D eigenvalue weighted by Crippen LogP contribution is 2.20. The highest BCUT2D eigenvalue weighted by Gasteiger charge is 2.30. The van der Waals surface area contributed by atoms with Gasteiger partial charge in [-0.15, -0.1) is 11.3 Å². The quantitative estimate of drug-likeness (QED) is 0.736. The minimum absolute atomic E-state index is 0.110. The number of methoxy groups -OCH3 is 1. The van der Waals surface area contributed by atoms with E-state index in [1.54, 1.807) is 23.1 Å². The van der Waals surface area contributed by atoms with Crippen LogP contribution in [0.5, 0.6) is 5.75 Å². The standard InChI is InChI=1S/C19H23N3O5S2/c1-14-3-8-17(28-14)19(24)20-13-18(23)21-9-11-22(12-10-21)29(25,26)16-6-4-15(27-2)5-7-16/h3-8H,9-13H2,1-2H3,(H,20,24). The van der Waals surface area contributed by atoms with Crippen LogP contribution in [0.1, 0.15) is 14.5 Å². The summed E-state index contributed by atoms with van der Waals surface area (Å²) in [4.78, 5) is 27.8. The molecule has 1 aromatic heterocycles. The first-order chi connectivity index (χ1) is 13.8. The Morgan fingerprint density at radius 3 is 2.28 bits per heavy atom. The van der Waals surface area contributed by atoms with Crippen LogP contribution < -0.4 is 10.1 Å². The third kappa shape index (κ3) is 4.95. The van der Waals surface area contributed by atoms with Crippen LogP contribution in [-0.2, 0) is 14.8 Å². The molecule has 10 heteroatoms. The summed E-state index contributed by atoms with van der Waals surface area (Å²) in [5.74, 6) is 0.0735.